The Kier molecular flexibility index (Phi) is 9.82. The number of nitrogens with zero attached hydrogens (tertiary/aromatic N) is 4. The first kappa shape index (κ1) is 30.5. The van der Waals surface area contributed by atoms with Crippen LogP contribution in [0.5, 0.6) is 0 Å². The van der Waals surface area contributed by atoms with Crippen LogP contribution in [0.15, 0.2) is 64.6 Å². The van der Waals surface area contributed by atoms with Gasteiger partial charge in [-0.05, 0) is 42.2 Å². The fourth-order valence-electron chi connectivity index (χ4n) is 5.64. The number of para-hydroxylation sites is 1. The minimum absolute atomic E-state index is 0.151. The van der Waals surface area contributed by atoms with Gasteiger partial charge >= 0.3 is 0 Å². The second-order valence-corrected chi connectivity index (χ2v) is 14.0. The Bertz CT molecular complexity index is 1510. The molecule has 3 aromatic rings. The van der Waals surface area contributed by atoms with Crippen LogP contribution in [0.2, 0.25) is 5.02 Å². The van der Waals surface area contributed by atoms with E-state index in [1.807, 2.05) is 24.3 Å². The third-order valence-corrected chi connectivity index (χ3v) is 11.0. The van der Waals surface area contributed by atoms with Crippen molar-refractivity contribution in [3.63, 3.8) is 0 Å². The number of carbonyl (C=O) groups is 1. The molecule has 0 radical (unpaired) electrons. The lowest BCUT2D eigenvalue weighted by atomic mass is 9.87. The van der Waals surface area contributed by atoms with Gasteiger partial charge in [-0.25, -0.2) is 18.4 Å². The number of anilines is 2. The predicted octanol–water partition coefficient (Wildman–Crippen LogP) is 6.31. The molecule has 224 valence electrons. The van der Waals surface area contributed by atoms with Crippen LogP contribution in [0.4, 0.5) is 15.8 Å². The summed E-state index contributed by atoms with van der Waals surface area (Å²) in [5.74, 6) is 0.398. The molecule has 9 nitrogen and oxygen atoms in total. The number of hydrogen-bond donors (Lipinski definition) is 1. The maximum atomic E-state index is 13.5. The third kappa shape index (κ3) is 7.14. The topological polar surface area (TPSA) is 104 Å². The number of aromatic nitrogens is 1. The zero-order valence-corrected chi connectivity index (χ0v) is 26.2. The monoisotopic (exact) mass is 629 g/mol. The number of carbonyl (C=O) groups excluding carboxylic acids is 1. The van der Waals surface area contributed by atoms with Gasteiger partial charge in [0, 0.05) is 33.1 Å². The van der Waals surface area contributed by atoms with E-state index < -0.39 is 15.9 Å². The maximum absolute atomic E-state index is 13.5. The molecule has 1 N–H and O–H groups in total. The summed E-state index contributed by atoms with van der Waals surface area (Å²) < 4.78 is 33.6. The summed E-state index contributed by atoms with van der Waals surface area (Å²) in [6, 6.07) is 14.4. The van der Waals surface area contributed by atoms with E-state index in [2.05, 4.69) is 20.2 Å². The highest BCUT2D eigenvalue weighted by atomic mass is 35.5. The first-order chi connectivity index (χ1) is 20.2. The molecule has 12 heteroatoms. The number of thiazole rings is 1. The second-order valence-electron chi connectivity index (χ2n) is 10.7. The quantitative estimate of drug-likeness (QED) is 0.220. The minimum Gasteiger partial charge on any atom is -0.484 e. The van der Waals surface area contributed by atoms with Crippen molar-refractivity contribution >= 4 is 60.6 Å². The van der Waals surface area contributed by atoms with Crippen molar-refractivity contribution in [3.05, 3.63) is 65.3 Å². The van der Waals surface area contributed by atoms with Crippen LogP contribution >= 0.6 is 22.9 Å². The lowest BCUT2D eigenvalue weighted by Gasteiger charge is -2.35. The van der Waals surface area contributed by atoms with Crippen LogP contribution in [-0.2, 0) is 19.6 Å². The van der Waals surface area contributed by atoms with Gasteiger partial charge in [0.25, 0.3) is 0 Å². The van der Waals surface area contributed by atoms with Gasteiger partial charge in [-0.1, -0.05) is 72.9 Å². The van der Waals surface area contributed by atoms with Crippen LogP contribution in [0.25, 0.3) is 0 Å². The summed E-state index contributed by atoms with van der Waals surface area (Å²) in [5, 5.41) is 4.73. The highest BCUT2D eigenvalue weighted by Crippen LogP contribution is 2.36. The number of amides is 1. The first-order valence-corrected chi connectivity index (χ1v) is 16.8. The lowest BCUT2D eigenvalue weighted by Crippen LogP contribution is -2.48. The smallest absolute Gasteiger partial charge is 0.243 e. The summed E-state index contributed by atoms with van der Waals surface area (Å²) >= 11 is 7.63. The van der Waals surface area contributed by atoms with Gasteiger partial charge in [-0.3, -0.25) is 4.79 Å². The number of sulfonamides is 1. The van der Waals surface area contributed by atoms with E-state index in [4.69, 9.17) is 16.3 Å². The minimum atomic E-state index is -3.68. The van der Waals surface area contributed by atoms with Crippen molar-refractivity contribution in [2.75, 3.05) is 43.5 Å². The molecule has 1 amide bonds. The molecular weight excluding hydrogens is 594 g/mol. The van der Waals surface area contributed by atoms with Gasteiger partial charge in [0.05, 0.1) is 34.8 Å². The van der Waals surface area contributed by atoms with Crippen molar-refractivity contribution in [1.82, 2.24) is 9.29 Å². The van der Waals surface area contributed by atoms with E-state index >= 15 is 0 Å². The summed E-state index contributed by atoms with van der Waals surface area (Å²) in [6.45, 7) is 3.59. The van der Waals surface area contributed by atoms with E-state index in [1.165, 1.54) is 28.5 Å². The van der Waals surface area contributed by atoms with E-state index in [0.717, 1.165) is 24.1 Å². The molecule has 1 saturated heterocycles. The van der Waals surface area contributed by atoms with Crippen molar-refractivity contribution in [2.45, 2.75) is 49.8 Å². The molecular formula is C30H36ClN5O4S2. The van der Waals surface area contributed by atoms with Crippen molar-refractivity contribution in [2.24, 2.45) is 10.9 Å². The predicted molar refractivity (Wildman–Crippen MR) is 169 cm³/mol. The van der Waals surface area contributed by atoms with Crippen LogP contribution in [0, 0.1) is 5.92 Å². The standard InChI is InChI=1S/C30H36ClN5O4S2/c1-21(40-2)33-28-20-32-30(41-28)34-29(37)25(19-22-7-3-4-8-22)23-11-13-24(14-12-23)42(38,39)36-17-15-35(16-18-36)27-10-6-5-9-26(27)31/h5-6,9-14,20,22,25H,3-4,7-8,15-19H2,1-2H3,(H,32,34,37). The fraction of sp³-hybridized carbons (Fsp3) is 0.433. The van der Waals surface area contributed by atoms with Crippen molar-refractivity contribution < 1.29 is 17.9 Å². The molecule has 2 fully saturated rings. The van der Waals surface area contributed by atoms with E-state index in [-0.39, 0.29) is 10.8 Å². The highest BCUT2D eigenvalue weighted by molar-refractivity contribution is 7.89. The Balaban J connectivity index is 1.29. The Morgan fingerprint density at radius 3 is 2.48 bits per heavy atom. The zero-order chi connectivity index (χ0) is 29.7. The van der Waals surface area contributed by atoms with Crippen molar-refractivity contribution in [3.8, 4) is 0 Å². The van der Waals surface area contributed by atoms with Crippen LogP contribution < -0.4 is 10.2 Å². The normalized spacial score (nSPS) is 17.8. The molecule has 42 heavy (non-hydrogen) atoms. The maximum Gasteiger partial charge on any atom is 0.243 e. The van der Waals surface area contributed by atoms with Crippen LogP contribution in [0.3, 0.4) is 0 Å². The summed E-state index contributed by atoms with van der Waals surface area (Å²) in [5.41, 5.74) is 1.71. The van der Waals surface area contributed by atoms with Crippen LogP contribution in [0.1, 0.15) is 50.5 Å². The number of methoxy groups -OCH3 is 1. The number of halogens is 1. The molecule has 1 saturated carbocycles. The lowest BCUT2D eigenvalue weighted by molar-refractivity contribution is -0.118. The summed E-state index contributed by atoms with van der Waals surface area (Å²) in [6.07, 6.45) is 6.86. The number of hydrogen-bond acceptors (Lipinski definition) is 8. The number of nitrogens with one attached hydrogen (secondary N) is 1. The highest BCUT2D eigenvalue weighted by Gasteiger charge is 2.31. The Labute approximate surface area is 256 Å². The van der Waals surface area contributed by atoms with E-state index in [9.17, 15) is 13.2 Å². The van der Waals surface area contributed by atoms with Crippen LogP contribution in [-0.4, -0.2) is 62.8 Å². The summed E-state index contributed by atoms with van der Waals surface area (Å²) in [4.78, 5) is 24.5. The molecule has 1 aromatic heterocycles. The SMILES string of the molecule is COC(C)=Nc1cnc(NC(=O)C(CC2CCCC2)c2ccc(S(=O)(=O)N3CCN(c4ccccc4Cl)CC3)cc2)s1. The Hall–Kier alpha value is -2.99. The first-order valence-electron chi connectivity index (χ1n) is 14.2. The average Bonchev–Trinajstić information content (AvgIpc) is 3.68. The number of benzene rings is 2. The number of ether oxygens (including phenoxy) is 1. The number of aliphatic imine (C=N–C) groups is 1. The van der Waals surface area contributed by atoms with Gasteiger partial charge in [0.15, 0.2) is 11.0 Å². The zero-order valence-electron chi connectivity index (χ0n) is 23.8. The van der Waals surface area contributed by atoms with E-state index in [1.54, 1.807) is 44.5 Å². The number of rotatable bonds is 9. The molecule has 0 spiro atoms. The average molecular weight is 630 g/mol. The summed E-state index contributed by atoms with van der Waals surface area (Å²) in [7, 11) is -2.13. The molecule has 1 atom stereocenters. The van der Waals surface area contributed by atoms with Crippen molar-refractivity contribution in [1.29, 1.82) is 0 Å². The molecule has 1 unspecified atom stereocenters. The molecule has 2 heterocycles. The van der Waals surface area contributed by atoms with E-state index in [0.29, 0.717) is 59.6 Å². The molecule has 0 bridgehead atoms. The Morgan fingerprint density at radius 2 is 1.81 bits per heavy atom. The van der Waals surface area contributed by atoms with Gasteiger partial charge in [-0.2, -0.15) is 4.31 Å². The van der Waals surface area contributed by atoms with Gasteiger partial charge in [-0.15, -0.1) is 0 Å². The molecule has 5 rings (SSSR count). The molecule has 1 aliphatic carbocycles. The van der Waals surface area contributed by atoms with Gasteiger partial charge in [0.2, 0.25) is 15.9 Å². The second kappa shape index (κ2) is 13.5. The Morgan fingerprint density at radius 1 is 1.12 bits per heavy atom. The third-order valence-electron chi connectivity index (χ3n) is 8.00. The fourth-order valence-corrected chi connectivity index (χ4v) is 8.05. The molecule has 2 aliphatic rings. The largest absolute Gasteiger partial charge is 0.484 e. The number of piperazine rings is 1. The van der Waals surface area contributed by atoms with Gasteiger partial charge in [0.1, 0.15) is 5.00 Å². The molecule has 1 aliphatic heterocycles. The molecule has 2 aromatic carbocycles. The van der Waals surface area contributed by atoms with Gasteiger partial charge < -0.3 is 15.0 Å².